The molecular formula is C7H11N3O2. The zero-order valence-electron chi connectivity index (χ0n) is 6.82. The lowest BCUT2D eigenvalue weighted by Crippen LogP contribution is -2.07. The first kappa shape index (κ1) is 8.70. The number of aromatic amines is 1. The number of aromatic nitrogens is 3. The molecular weight excluding hydrogens is 158 g/mol. The minimum atomic E-state index is -0.776. The summed E-state index contributed by atoms with van der Waals surface area (Å²) >= 11 is 0. The Labute approximate surface area is 69.8 Å². The molecule has 0 saturated carbocycles. The van der Waals surface area contributed by atoms with Gasteiger partial charge >= 0.3 is 5.97 Å². The molecule has 5 nitrogen and oxygen atoms in total. The van der Waals surface area contributed by atoms with Crippen LogP contribution in [0, 0.1) is 5.92 Å². The van der Waals surface area contributed by atoms with E-state index in [-0.39, 0.29) is 12.3 Å². The summed E-state index contributed by atoms with van der Waals surface area (Å²) in [4.78, 5) is 14.2. The zero-order valence-corrected chi connectivity index (χ0v) is 6.82. The predicted octanol–water partition coefficient (Wildman–Crippen LogP) is 0.458. The van der Waals surface area contributed by atoms with Crippen molar-refractivity contribution in [2.75, 3.05) is 0 Å². The van der Waals surface area contributed by atoms with Gasteiger partial charge in [-0.3, -0.25) is 9.89 Å². The van der Waals surface area contributed by atoms with Crippen LogP contribution >= 0.6 is 0 Å². The maximum Gasteiger partial charge on any atom is 0.303 e. The standard InChI is InChI=1S/C7H11N3O2/c1-5(3-7(11)12)2-6-8-4-9-10-6/h4-5H,2-3H2,1H3,(H,11,12)(H,8,9,10). The Bertz CT molecular complexity index is 245. The van der Waals surface area contributed by atoms with Gasteiger partial charge in [-0.2, -0.15) is 5.10 Å². The van der Waals surface area contributed by atoms with E-state index in [4.69, 9.17) is 5.11 Å². The van der Waals surface area contributed by atoms with E-state index in [0.717, 1.165) is 5.82 Å². The van der Waals surface area contributed by atoms with Crippen molar-refractivity contribution >= 4 is 5.97 Å². The molecule has 2 N–H and O–H groups in total. The molecule has 0 aromatic carbocycles. The number of nitrogens with zero attached hydrogens (tertiary/aromatic N) is 2. The number of carboxylic acids is 1. The number of H-pyrrole nitrogens is 1. The Kier molecular flexibility index (Phi) is 2.79. The van der Waals surface area contributed by atoms with E-state index in [1.165, 1.54) is 6.33 Å². The summed E-state index contributed by atoms with van der Waals surface area (Å²) in [7, 11) is 0. The van der Waals surface area contributed by atoms with Gasteiger partial charge in [-0.05, 0) is 5.92 Å². The lowest BCUT2D eigenvalue weighted by atomic mass is 10.0. The quantitative estimate of drug-likeness (QED) is 0.686. The molecule has 0 aliphatic rings. The second kappa shape index (κ2) is 3.85. The summed E-state index contributed by atoms with van der Waals surface area (Å²) in [6, 6.07) is 0. The molecule has 5 heteroatoms. The van der Waals surface area contributed by atoms with Crippen LogP contribution in [0.15, 0.2) is 6.33 Å². The first-order chi connectivity index (χ1) is 5.68. The van der Waals surface area contributed by atoms with Crippen molar-refractivity contribution in [1.82, 2.24) is 15.2 Å². The smallest absolute Gasteiger partial charge is 0.303 e. The molecule has 1 heterocycles. The van der Waals surface area contributed by atoms with Crippen LogP contribution in [-0.2, 0) is 11.2 Å². The Hall–Kier alpha value is -1.39. The summed E-state index contributed by atoms with van der Waals surface area (Å²) in [6.45, 7) is 1.87. The van der Waals surface area contributed by atoms with Gasteiger partial charge in [0.05, 0.1) is 0 Å². The van der Waals surface area contributed by atoms with E-state index >= 15 is 0 Å². The number of nitrogens with one attached hydrogen (secondary N) is 1. The highest BCUT2D eigenvalue weighted by Gasteiger charge is 2.09. The highest BCUT2D eigenvalue weighted by molar-refractivity contribution is 5.66. The SMILES string of the molecule is CC(CC(=O)O)Cc1ncn[nH]1. The minimum Gasteiger partial charge on any atom is -0.481 e. The minimum absolute atomic E-state index is 0.0930. The maximum atomic E-state index is 10.3. The molecule has 1 unspecified atom stereocenters. The molecule has 0 aliphatic heterocycles. The largest absolute Gasteiger partial charge is 0.481 e. The number of aliphatic carboxylic acids is 1. The van der Waals surface area contributed by atoms with E-state index in [0.29, 0.717) is 6.42 Å². The van der Waals surface area contributed by atoms with Gasteiger partial charge in [0.25, 0.3) is 0 Å². The lowest BCUT2D eigenvalue weighted by molar-refractivity contribution is -0.137. The molecule has 0 saturated heterocycles. The molecule has 1 atom stereocenters. The average Bonchev–Trinajstić information content (AvgIpc) is 2.37. The van der Waals surface area contributed by atoms with Gasteiger partial charge in [0.2, 0.25) is 0 Å². The van der Waals surface area contributed by atoms with Gasteiger partial charge in [-0.15, -0.1) is 0 Å². The van der Waals surface area contributed by atoms with E-state index in [1.807, 2.05) is 6.92 Å². The molecule has 0 radical (unpaired) electrons. The first-order valence-electron chi connectivity index (χ1n) is 3.74. The van der Waals surface area contributed by atoms with Crippen LogP contribution in [0.1, 0.15) is 19.2 Å². The molecule has 1 aromatic heterocycles. The third-order valence-electron chi connectivity index (χ3n) is 1.53. The van der Waals surface area contributed by atoms with E-state index in [1.54, 1.807) is 0 Å². The molecule has 0 fully saturated rings. The van der Waals surface area contributed by atoms with Crippen molar-refractivity contribution in [3.63, 3.8) is 0 Å². The first-order valence-corrected chi connectivity index (χ1v) is 3.74. The number of hydrogen-bond acceptors (Lipinski definition) is 3. The highest BCUT2D eigenvalue weighted by atomic mass is 16.4. The van der Waals surface area contributed by atoms with Crippen molar-refractivity contribution in [2.45, 2.75) is 19.8 Å². The van der Waals surface area contributed by atoms with Gasteiger partial charge in [-0.25, -0.2) is 4.98 Å². The zero-order chi connectivity index (χ0) is 8.97. The summed E-state index contributed by atoms with van der Waals surface area (Å²) in [5, 5.41) is 14.8. The fourth-order valence-electron chi connectivity index (χ4n) is 1.03. The lowest BCUT2D eigenvalue weighted by Gasteiger charge is -2.04. The topological polar surface area (TPSA) is 78.9 Å². The molecule has 0 bridgehead atoms. The van der Waals surface area contributed by atoms with Crippen molar-refractivity contribution in [3.8, 4) is 0 Å². The molecule has 0 amide bonds. The van der Waals surface area contributed by atoms with Gasteiger partial charge in [0.1, 0.15) is 12.2 Å². The molecule has 1 rings (SSSR count). The van der Waals surface area contributed by atoms with Crippen LogP contribution in [0.4, 0.5) is 0 Å². The fourth-order valence-corrected chi connectivity index (χ4v) is 1.03. The molecule has 66 valence electrons. The third-order valence-corrected chi connectivity index (χ3v) is 1.53. The van der Waals surface area contributed by atoms with E-state index in [2.05, 4.69) is 15.2 Å². The van der Waals surface area contributed by atoms with Crippen molar-refractivity contribution in [1.29, 1.82) is 0 Å². The van der Waals surface area contributed by atoms with Crippen molar-refractivity contribution in [3.05, 3.63) is 12.2 Å². The summed E-state index contributed by atoms with van der Waals surface area (Å²) in [5.74, 6) is 0.0567. The van der Waals surface area contributed by atoms with Crippen LogP contribution in [-0.4, -0.2) is 26.3 Å². The molecule has 1 aromatic rings. The van der Waals surface area contributed by atoms with Crippen molar-refractivity contribution < 1.29 is 9.90 Å². The summed E-state index contributed by atoms with van der Waals surface area (Å²) in [5.41, 5.74) is 0. The molecule has 0 aliphatic carbocycles. The monoisotopic (exact) mass is 169 g/mol. The molecule has 12 heavy (non-hydrogen) atoms. The second-order valence-electron chi connectivity index (χ2n) is 2.84. The Morgan fingerprint density at radius 3 is 3.08 bits per heavy atom. The summed E-state index contributed by atoms with van der Waals surface area (Å²) in [6.07, 6.45) is 2.22. The Morgan fingerprint density at radius 2 is 2.58 bits per heavy atom. The van der Waals surface area contributed by atoms with E-state index < -0.39 is 5.97 Å². The Morgan fingerprint density at radius 1 is 1.83 bits per heavy atom. The van der Waals surface area contributed by atoms with Gasteiger partial charge < -0.3 is 5.11 Å². The van der Waals surface area contributed by atoms with E-state index in [9.17, 15) is 4.79 Å². The number of hydrogen-bond donors (Lipinski definition) is 2. The number of rotatable bonds is 4. The van der Waals surface area contributed by atoms with Crippen LogP contribution in [0.25, 0.3) is 0 Å². The van der Waals surface area contributed by atoms with Crippen LogP contribution in [0.5, 0.6) is 0 Å². The third kappa shape index (κ3) is 2.69. The highest BCUT2D eigenvalue weighted by Crippen LogP contribution is 2.06. The molecule has 0 spiro atoms. The van der Waals surface area contributed by atoms with Gasteiger partial charge in [0, 0.05) is 12.8 Å². The maximum absolute atomic E-state index is 10.3. The fraction of sp³-hybridized carbons (Fsp3) is 0.571. The van der Waals surface area contributed by atoms with Crippen LogP contribution in [0.2, 0.25) is 0 Å². The number of carbonyl (C=O) groups is 1. The predicted molar refractivity (Wildman–Crippen MR) is 41.5 cm³/mol. The normalized spacial score (nSPS) is 12.8. The van der Waals surface area contributed by atoms with Crippen LogP contribution < -0.4 is 0 Å². The van der Waals surface area contributed by atoms with Crippen molar-refractivity contribution in [2.24, 2.45) is 5.92 Å². The Balaban J connectivity index is 2.36. The van der Waals surface area contributed by atoms with Gasteiger partial charge in [0.15, 0.2) is 0 Å². The van der Waals surface area contributed by atoms with Crippen LogP contribution in [0.3, 0.4) is 0 Å². The summed E-state index contributed by atoms with van der Waals surface area (Å²) < 4.78 is 0. The van der Waals surface area contributed by atoms with Gasteiger partial charge in [-0.1, -0.05) is 6.92 Å². The second-order valence-corrected chi connectivity index (χ2v) is 2.84. The average molecular weight is 169 g/mol. The number of carboxylic acid groups (broad SMARTS) is 1.